The molecular weight excluding hydrogens is 301 g/mol. The molecular formula is C14H19F3N2OS. The van der Waals surface area contributed by atoms with E-state index in [4.69, 9.17) is 22.7 Å². The summed E-state index contributed by atoms with van der Waals surface area (Å²) in [5.41, 5.74) is 4.51. The molecule has 0 fully saturated rings. The molecule has 2 N–H and O–H groups in total. The molecule has 0 atom stereocenters. The van der Waals surface area contributed by atoms with Gasteiger partial charge in [-0.1, -0.05) is 12.2 Å². The third-order valence-electron chi connectivity index (χ3n) is 3.36. The molecule has 0 aliphatic carbocycles. The van der Waals surface area contributed by atoms with Crippen molar-refractivity contribution >= 4 is 17.2 Å². The van der Waals surface area contributed by atoms with E-state index < -0.39 is 11.7 Å². The average molecular weight is 320 g/mol. The summed E-state index contributed by atoms with van der Waals surface area (Å²) in [6.45, 7) is 4.20. The SMILES string of the molecule is CN(C)C(C)(C)COc1ccc(C(F)(F)F)cc1C(N)=S. The zero-order valence-corrected chi connectivity index (χ0v) is 13.2. The van der Waals surface area contributed by atoms with Crippen LogP contribution in [0.4, 0.5) is 13.2 Å². The van der Waals surface area contributed by atoms with Crippen molar-refractivity contribution in [3.63, 3.8) is 0 Å². The number of rotatable bonds is 5. The standard InChI is InChI=1S/C14H19F3N2OS/c1-13(2,19(3)4)8-20-11-6-5-9(14(15,16)17)7-10(11)12(18)21/h5-7H,8H2,1-4H3,(H2,18,21). The first-order valence-corrected chi connectivity index (χ1v) is 6.67. The van der Waals surface area contributed by atoms with Gasteiger partial charge < -0.3 is 15.4 Å². The zero-order valence-electron chi connectivity index (χ0n) is 12.4. The van der Waals surface area contributed by atoms with Gasteiger partial charge in [-0.25, -0.2) is 0 Å². The number of thiocarbonyl (C=S) groups is 1. The second kappa shape index (κ2) is 6.19. The van der Waals surface area contributed by atoms with Crippen LogP contribution in [-0.2, 0) is 6.18 Å². The maximum Gasteiger partial charge on any atom is 0.416 e. The molecule has 0 amide bonds. The monoisotopic (exact) mass is 320 g/mol. The van der Waals surface area contributed by atoms with Crippen LogP contribution in [0.25, 0.3) is 0 Å². The second-order valence-electron chi connectivity index (χ2n) is 5.57. The molecule has 7 heteroatoms. The molecule has 0 saturated heterocycles. The zero-order chi connectivity index (χ0) is 16.4. The van der Waals surface area contributed by atoms with Crippen molar-refractivity contribution in [2.24, 2.45) is 5.73 Å². The lowest BCUT2D eigenvalue weighted by Crippen LogP contribution is -2.43. The molecule has 0 radical (unpaired) electrons. The molecule has 1 aromatic rings. The first-order chi connectivity index (χ1) is 9.45. The van der Waals surface area contributed by atoms with E-state index in [-0.39, 0.29) is 21.8 Å². The van der Waals surface area contributed by atoms with Gasteiger partial charge in [-0.2, -0.15) is 13.2 Å². The number of halogens is 3. The highest BCUT2D eigenvalue weighted by Gasteiger charge is 2.31. The van der Waals surface area contributed by atoms with Crippen LogP contribution in [0.3, 0.4) is 0 Å². The fourth-order valence-electron chi connectivity index (χ4n) is 1.41. The van der Waals surface area contributed by atoms with Crippen LogP contribution in [0.5, 0.6) is 5.75 Å². The van der Waals surface area contributed by atoms with Gasteiger partial charge >= 0.3 is 6.18 Å². The molecule has 0 aromatic heterocycles. The number of alkyl halides is 3. The van der Waals surface area contributed by atoms with E-state index in [0.29, 0.717) is 6.61 Å². The normalized spacial score (nSPS) is 12.6. The van der Waals surface area contributed by atoms with Crippen molar-refractivity contribution in [1.29, 1.82) is 0 Å². The summed E-state index contributed by atoms with van der Waals surface area (Å²) in [5, 5.41) is 0. The van der Waals surface area contributed by atoms with Gasteiger partial charge in [0.05, 0.1) is 11.1 Å². The van der Waals surface area contributed by atoms with Crippen LogP contribution >= 0.6 is 12.2 Å². The van der Waals surface area contributed by atoms with Gasteiger partial charge in [-0.3, -0.25) is 0 Å². The van der Waals surface area contributed by atoms with Gasteiger partial charge in [0, 0.05) is 5.54 Å². The minimum atomic E-state index is -4.44. The summed E-state index contributed by atoms with van der Waals surface area (Å²) < 4.78 is 43.8. The van der Waals surface area contributed by atoms with E-state index in [0.717, 1.165) is 12.1 Å². The molecule has 118 valence electrons. The molecule has 21 heavy (non-hydrogen) atoms. The number of nitrogens with two attached hydrogens (primary N) is 1. The highest BCUT2D eigenvalue weighted by Crippen LogP contribution is 2.33. The van der Waals surface area contributed by atoms with E-state index in [2.05, 4.69) is 0 Å². The molecule has 3 nitrogen and oxygen atoms in total. The maximum atomic E-state index is 12.7. The second-order valence-corrected chi connectivity index (χ2v) is 6.01. The van der Waals surface area contributed by atoms with Crippen molar-refractivity contribution in [2.45, 2.75) is 25.6 Å². The molecule has 0 aliphatic heterocycles. The summed E-state index contributed by atoms with van der Waals surface area (Å²) in [4.78, 5) is 1.83. The fraction of sp³-hybridized carbons (Fsp3) is 0.500. The maximum absolute atomic E-state index is 12.7. The molecule has 0 unspecified atom stereocenters. The number of nitrogens with zero attached hydrogens (tertiary/aromatic N) is 1. The Kier molecular flexibility index (Phi) is 5.22. The van der Waals surface area contributed by atoms with Gasteiger partial charge in [-0.15, -0.1) is 0 Å². The average Bonchev–Trinajstić information content (AvgIpc) is 2.34. The Morgan fingerprint density at radius 3 is 2.29 bits per heavy atom. The lowest BCUT2D eigenvalue weighted by molar-refractivity contribution is -0.137. The summed E-state index contributed by atoms with van der Waals surface area (Å²) >= 11 is 4.81. The third-order valence-corrected chi connectivity index (χ3v) is 3.58. The highest BCUT2D eigenvalue weighted by molar-refractivity contribution is 7.80. The van der Waals surface area contributed by atoms with E-state index in [1.165, 1.54) is 6.07 Å². The smallest absolute Gasteiger partial charge is 0.416 e. The number of likely N-dealkylation sites (N-methyl/N-ethyl adjacent to an activating group) is 1. The van der Waals surface area contributed by atoms with Crippen molar-refractivity contribution in [3.05, 3.63) is 29.3 Å². The van der Waals surface area contributed by atoms with Gasteiger partial charge in [0.2, 0.25) is 0 Å². The van der Waals surface area contributed by atoms with Crippen LogP contribution in [0.2, 0.25) is 0 Å². The van der Waals surface area contributed by atoms with Gasteiger partial charge in [0.25, 0.3) is 0 Å². The van der Waals surface area contributed by atoms with E-state index in [1.807, 2.05) is 32.8 Å². The molecule has 1 aromatic carbocycles. The number of benzene rings is 1. The Morgan fingerprint density at radius 1 is 1.29 bits per heavy atom. The predicted octanol–water partition coefficient (Wildman–Crippen LogP) is 3.06. The Labute approximate surface area is 127 Å². The summed E-state index contributed by atoms with van der Waals surface area (Å²) in [7, 11) is 3.79. The van der Waals surface area contributed by atoms with Crippen molar-refractivity contribution < 1.29 is 17.9 Å². The predicted molar refractivity (Wildman–Crippen MR) is 80.6 cm³/mol. The topological polar surface area (TPSA) is 38.5 Å². The summed E-state index contributed by atoms with van der Waals surface area (Å²) in [6.07, 6.45) is -4.44. The molecule has 1 rings (SSSR count). The Hall–Kier alpha value is -1.34. The van der Waals surface area contributed by atoms with Crippen molar-refractivity contribution in [3.8, 4) is 5.75 Å². The quantitative estimate of drug-likeness (QED) is 0.846. The highest BCUT2D eigenvalue weighted by atomic mass is 32.1. The van der Waals surface area contributed by atoms with E-state index in [1.54, 1.807) is 0 Å². The number of hydrogen-bond donors (Lipinski definition) is 1. The van der Waals surface area contributed by atoms with Crippen LogP contribution in [0.1, 0.15) is 25.0 Å². The minimum absolute atomic E-state index is 0.0920. The summed E-state index contributed by atoms with van der Waals surface area (Å²) in [6, 6.07) is 3.13. The van der Waals surface area contributed by atoms with Crippen LogP contribution in [0, 0.1) is 0 Å². The van der Waals surface area contributed by atoms with Crippen LogP contribution < -0.4 is 10.5 Å². The molecule has 0 saturated carbocycles. The first-order valence-electron chi connectivity index (χ1n) is 6.26. The van der Waals surface area contributed by atoms with Crippen molar-refractivity contribution in [1.82, 2.24) is 4.90 Å². The van der Waals surface area contributed by atoms with Crippen LogP contribution in [0.15, 0.2) is 18.2 Å². The number of hydrogen-bond acceptors (Lipinski definition) is 3. The van der Waals surface area contributed by atoms with Crippen molar-refractivity contribution in [2.75, 3.05) is 20.7 Å². The summed E-state index contributed by atoms with van der Waals surface area (Å²) in [5.74, 6) is 0.255. The van der Waals surface area contributed by atoms with Gasteiger partial charge in [-0.05, 0) is 46.1 Å². The molecule has 0 bridgehead atoms. The number of ether oxygens (including phenoxy) is 1. The first kappa shape index (κ1) is 17.7. The van der Waals surface area contributed by atoms with Gasteiger partial charge in [0.1, 0.15) is 17.3 Å². The molecule has 0 aliphatic rings. The molecule has 0 heterocycles. The Balaban J connectivity index is 3.06. The fourth-order valence-corrected chi connectivity index (χ4v) is 1.57. The van der Waals surface area contributed by atoms with Gasteiger partial charge in [0.15, 0.2) is 0 Å². The van der Waals surface area contributed by atoms with Crippen LogP contribution in [-0.4, -0.2) is 36.1 Å². The van der Waals surface area contributed by atoms with E-state index in [9.17, 15) is 13.2 Å². The lowest BCUT2D eigenvalue weighted by atomic mass is 10.1. The lowest BCUT2D eigenvalue weighted by Gasteiger charge is -2.32. The largest absolute Gasteiger partial charge is 0.491 e. The van der Waals surface area contributed by atoms with E-state index >= 15 is 0 Å². The molecule has 0 spiro atoms. The third kappa shape index (κ3) is 4.57. The Morgan fingerprint density at radius 2 is 1.86 bits per heavy atom. The minimum Gasteiger partial charge on any atom is -0.491 e. The Bertz CT molecular complexity index is 527.